The van der Waals surface area contributed by atoms with Gasteiger partial charge in [-0.3, -0.25) is 9.59 Å². The van der Waals surface area contributed by atoms with E-state index in [1.807, 2.05) is 18.2 Å². The Labute approximate surface area is 201 Å². The van der Waals surface area contributed by atoms with Crippen LogP contribution in [0.3, 0.4) is 0 Å². The minimum Gasteiger partial charge on any atom is -0.480 e. The van der Waals surface area contributed by atoms with Crippen molar-refractivity contribution in [1.82, 2.24) is 4.90 Å². The summed E-state index contributed by atoms with van der Waals surface area (Å²) in [5.74, 6) is -2.17. The maximum absolute atomic E-state index is 13.5. The van der Waals surface area contributed by atoms with Crippen LogP contribution in [0.15, 0.2) is 66.7 Å². The number of rotatable bonds is 5. The van der Waals surface area contributed by atoms with Crippen LogP contribution >= 0.6 is 11.6 Å². The third-order valence-electron chi connectivity index (χ3n) is 6.04. The average molecular weight is 474 g/mol. The highest BCUT2D eigenvalue weighted by molar-refractivity contribution is 6.31. The molecule has 2 atom stereocenters. The number of carboxylic acids is 1. The number of nitrogens with zero attached hydrogens (tertiary/aromatic N) is 2. The quantitative estimate of drug-likeness (QED) is 0.568. The third-order valence-corrected chi connectivity index (χ3v) is 6.38. The number of halogens is 1. The van der Waals surface area contributed by atoms with E-state index in [1.165, 1.54) is 17.0 Å². The molecule has 8 heteroatoms. The normalized spacial score (nSPS) is 17.2. The third kappa shape index (κ3) is 4.24. The van der Waals surface area contributed by atoms with Crippen LogP contribution in [0.1, 0.15) is 50.7 Å². The van der Waals surface area contributed by atoms with Gasteiger partial charge in [-0.2, -0.15) is 5.26 Å². The van der Waals surface area contributed by atoms with Crippen molar-refractivity contribution >= 4 is 29.4 Å². The molecule has 0 aliphatic carbocycles. The molecular formula is C26H20ClN3O4. The Morgan fingerprint density at radius 3 is 2.29 bits per heavy atom. The second-order valence-electron chi connectivity index (χ2n) is 7.99. The number of likely N-dealkylation sites (tertiary alicyclic amines) is 1. The SMILES string of the molecule is N#Cc1ccc(-c2ccc(C(=O)N3[C@@H](c4ccccc4Cl)CC[C@H]3C(=O)O)cc2)cc1C(N)=O. The fourth-order valence-electron chi connectivity index (χ4n) is 4.37. The van der Waals surface area contributed by atoms with Crippen LogP contribution in [0.4, 0.5) is 0 Å². The number of nitriles is 1. The van der Waals surface area contributed by atoms with E-state index in [1.54, 1.807) is 42.5 Å². The fourth-order valence-corrected chi connectivity index (χ4v) is 4.63. The highest BCUT2D eigenvalue weighted by atomic mass is 35.5. The summed E-state index contributed by atoms with van der Waals surface area (Å²) in [4.78, 5) is 38.4. The van der Waals surface area contributed by atoms with Crippen LogP contribution in [-0.2, 0) is 4.79 Å². The first-order valence-corrected chi connectivity index (χ1v) is 10.9. The van der Waals surface area contributed by atoms with Crippen molar-refractivity contribution in [3.8, 4) is 17.2 Å². The molecule has 3 aromatic rings. The maximum Gasteiger partial charge on any atom is 0.326 e. The van der Waals surface area contributed by atoms with E-state index < -0.39 is 29.9 Å². The number of carbonyl (C=O) groups excluding carboxylic acids is 2. The molecule has 4 rings (SSSR count). The predicted molar refractivity (Wildman–Crippen MR) is 126 cm³/mol. The molecule has 1 saturated heterocycles. The number of aliphatic carboxylic acids is 1. The lowest BCUT2D eigenvalue weighted by atomic mass is 9.98. The summed E-state index contributed by atoms with van der Waals surface area (Å²) in [5.41, 5.74) is 8.10. The molecular weight excluding hydrogens is 454 g/mol. The van der Waals surface area contributed by atoms with Gasteiger partial charge in [0, 0.05) is 10.6 Å². The second-order valence-corrected chi connectivity index (χ2v) is 8.40. The van der Waals surface area contributed by atoms with Crippen LogP contribution in [0.5, 0.6) is 0 Å². The molecule has 0 aromatic heterocycles. The van der Waals surface area contributed by atoms with Gasteiger partial charge >= 0.3 is 5.97 Å². The van der Waals surface area contributed by atoms with Crippen molar-refractivity contribution in [2.45, 2.75) is 24.9 Å². The van der Waals surface area contributed by atoms with Gasteiger partial charge in [0.05, 0.1) is 23.2 Å². The lowest BCUT2D eigenvalue weighted by Gasteiger charge is -2.29. The number of carboxylic acid groups (broad SMARTS) is 1. The molecule has 0 spiro atoms. The maximum atomic E-state index is 13.5. The Bertz CT molecular complexity index is 1330. The summed E-state index contributed by atoms with van der Waals surface area (Å²) in [5, 5.41) is 19.4. The number of nitrogens with two attached hydrogens (primary N) is 1. The van der Waals surface area contributed by atoms with Crippen molar-refractivity contribution in [2.24, 2.45) is 5.73 Å². The van der Waals surface area contributed by atoms with E-state index in [4.69, 9.17) is 22.6 Å². The summed E-state index contributed by atoms with van der Waals surface area (Å²) in [6.07, 6.45) is 0.821. The summed E-state index contributed by atoms with van der Waals surface area (Å²) in [7, 11) is 0. The minimum atomic E-state index is -1.06. The molecule has 170 valence electrons. The zero-order valence-corrected chi connectivity index (χ0v) is 18.7. The van der Waals surface area contributed by atoms with Gasteiger partial charge in [0.15, 0.2) is 0 Å². The van der Waals surface area contributed by atoms with Gasteiger partial charge in [-0.15, -0.1) is 0 Å². The van der Waals surface area contributed by atoms with Crippen LogP contribution in [0.2, 0.25) is 5.02 Å². The van der Waals surface area contributed by atoms with Gasteiger partial charge in [-0.25, -0.2) is 4.79 Å². The zero-order chi connectivity index (χ0) is 24.4. The monoisotopic (exact) mass is 473 g/mol. The highest BCUT2D eigenvalue weighted by Crippen LogP contribution is 2.40. The first kappa shape index (κ1) is 23.0. The average Bonchev–Trinajstić information content (AvgIpc) is 3.29. The number of benzene rings is 3. The fraction of sp³-hybridized carbons (Fsp3) is 0.154. The van der Waals surface area contributed by atoms with Gasteiger partial charge in [0.25, 0.3) is 5.91 Å². The standard InChI is InChI=1S/C26H20ClN3O4/c27-21-4-2-1-3-19(21)22-11-12-23(26(33)34)30(22)25(32)16-7-5-15(6-8-16)17-9-10-18(14-28)20(13-17)24(29)31/h1-10,13,22-23H,11-12H2,(H2,29,31)(H,33,34)/t22-,23+/m1/s1. The van der Waals surface area contributed by atoms with E-state index in [2.05, 4.69) is 0 Å². The van der Waals surface area contributed by atoms with E-state index in [-0.39, 0.29) is 11.1 Å². The molecule has 1 fully saturated rings. The Morgan fingerprint density at radius 1 is 1.00 bits per heavy atom. The first-order valence-electron chi connectivity index (χ1n) is 10.6. The van der Waals surface area contributed by atoms with Gasteiger partial charge in [0.1, 0.15) is 6.04 Å². The number of hydrogen-bond donors (Lipinski definition) is 2. The molecule has 34 heavy (non-hydrogen) atoms. The Morgan fingerprint density at radius 2 is 1.68 bits per heavy atom. The van der Waals surface area contributed by atoms with Crippen molar-refractivity contribution in [1.29, 1.82) is 5.26 Å². The summed E-state index contributed by atoms with van der Waals surface area (Å²) < 4.78 is 0. The molecule has 0 saturated carbocycles. The van der Waals surface area contributed by atoms with Crippen LogP contribution < -0.4 is 5.73 Å². The van der Waals surface area contributed by atoms with Crippen molar-refractivity contribution in [3.63, 3.8) is 0 Å². The van der Waals surface area contributed by atoms with E-state index in [0.717, 1.165) is 5.56 Å². The van der Waals surface area contributed by atoms with Gasteiger partial charge < -0.3 is 15.7 Å². The lowest BCUT2D eigenvalue weighted by Crippen LogP contribution is -2.41. The Kier molecular flexibility index (Phi) is 6.35. The van der Waals surface area contributed by atoms with Gasteiger partial charge in [0.2, 0.25) is 5.91 Å². The molecule has 2 amide bonds. The van der Waals surface area contributed by atoms with Crippen LogP contribution in [-0.4, -0.2) is 33.8 Å². The van der Waals surface area contributed by atoms with Crippen LogP contribution in [0.25, 0.3) is 11.1 Å². The number of primary amides is 1. The molecule has 1 aliphatic rings. The zero-order valence-electron chi connectivity index (χ0n) is 17.9. The summed E-state index contributed by atoms with van der Waals surface area (Å²) >= 11 is 6.35. The molecule has 1 aliphatic heterocycles. The topological polar surface area (TPSA) is 124 Å². The molecule has 3 N–H and O–H groups in total. The minimum absolute atomic E-state index is 0.115. The molecule has 1 heterocycles. The van der Waals surface area contributed by atoms with Crippen molar-refractivity contribution in [2.75, 3.05) is 0 Å². The smallest absolute Gasteiger partial charge is 0.326 e. The first-order chi connectivity index (χ1) is 16.3. The van der Waals surface area contributed by atoms with Crippen molar-refractivity contribution in [3.05, 3.63) is 94.0 Å². The molecule has 0 bridgehead atoms. The van der Waals surface area contributed by atoms with Crippen LogP contribution in [0, 0.1) is 11.3 Å². The van der Waals surface area contributed by atoms with E-state index in [9.17, 15) is 19.5 Å². The Hall–Kier alpha value is -4.15. The molecule has 7 nitrogen and oxygen atoms in total. The largest absolute Gasteiger partial charge is 0.480 e. The van der Waals surface area contributed by atoms with Crippen molar-refractivity contribution < 1.29 is 19.5 Å². The Balaban J connectivity index is 1.66. The van der Waals surface area contributed by atoms with Gasteiger partial charge in [-0.05, 0) is 59.9 Å². The second kappa shape index (κ2) is 9.38. The molecule has 0 radical (unpaired) electrons. The number of carbonyl (C=O) groups is 3. The molecule has 0 unspecified atom stereocenters. The number of amides is 2. The molecule has 3 aromatic carbocycles. The van der Waals surface area contributed by atoms with Gasteiger partial charge in [-0.1, -0.05) is 48.0 Å². The predicted octanol–water partition coefficient (Wildman–Crippen LogP) is 4.41. The summed E-state index contributed by atoms with van der Waals surface area (Å²) in [6, 6.07) is 19.0. The summed E-state index contributed by atoms with van der Waals surface area (Å²) in [6.45, 7) is 0. The number of hydrogen-bond acceptors (Lipinski definition) is 4. The van der Waals surface area contributed by atoms with E-state index in [0.29, 0.717) is 34.6 Å². The lowest BCUT2D eigenvalue weighted by molar-refractivity contribution is -0.141. The highest BCUT2D eigenvalue weighted by Gasteiger charge is 2.42. The van der Waals surface area contributed by atoms with E-state index >= 15 is 0 Å².